The van der Waals surface area contributed by atoms with Gasteiger partial charge in [0.1, 0.15) is 70.2 Å². The first-order chi connectivity index (χ1) is 53.4. The zero-order valence-corrected chi connectivity index (χ0v) is 68.6. The van der Waals surface area contributed by atoms with Gasteiger partial charge in [-0.05, 0) is 166 Å². The predicted octanol–water partition coefficient (Wildman–Crippen LogP) is 7.52. The summed E-state index contributed by atoms with van der Waals surface area (Å²) in [5, 5.41) is 24.6. The highest BCUT2D eigenvalue weighted by Crippen LogP contribution is 2.43. The summed E-state index contributed by atoms with van der Waals surface area (Å²) in [5.41, 5.74) is 13.4. The number of nitrogens with zero attached hydrogens (tertiary/aromatic N) is 7. The van der Waals surface area contributed by atoms with Crippen molar-refractivity contribution >= 4 is 214 Å². The number of hydrogen-bond donors (Lipinski definition) is 5. The topological polar surface area (TPSA) is 326 Å². The quantitative estimate of drug-likeness (QED) is 0.0122. The first kappa shape index (κ1) is 85.9. The minimum absolute atomic E-state index is 0.0919. The number of unbranched alkanes of at least 4 members (excludes halogenated alkanes) is 6. The fourth-order valence-electron chi connectivity index (χ4n) is 13.0. The third-order valence-corrected chi connectivity index (χ3v) is 25.1. The van der Waals surface area contributed by atoms with Gasteiger partial charge in [-0.2, -0.15) is 5.48 Å². The van der Waals surface area contributed by atoms with Gasteiger partial charge in [0.15, 0.2) is 6.73 Å². The molecule has 4 fully saturated rings. The number of aldehydes is 2. The first-order valence-electron chi connectivity index (χ1n) is 35.9. The number of rotatable bonds is 25. The lowest BCUT2D eigenvalue weighted by atomic mass is 10.0. The van der Waals surface area contributed by atoms with Gasteiger partial charge in [0.25, 0.3) is 29.4 Å². The molecule has 0 spiro atoms. The van der Waals surface area contributed by atoms with Crippen LogP contribution in [0.4, 0.5) is 22.7 Å². The number of fused-ring (bicyclic) bond motifs is 4. The lowest BCUT2D eigenvalue weighted by Gasteiger charge is -2.27. The third-order valence-electron chi connectivity index (χ3n) is 18.3. The maximum atomic E-state index is 13.8. The largest absolute Gasteiger partial charge is 0.480 e. The van der Waals surface area contributed by atoms with Gasteiger partial charge in [-0.25, -0.2) is 0 Å². The lowest BCUT2D eigenvalue weighted by Crippen LogP contribution is -2.37. The summed E-state index contributed by atoms with van der Waals surface area (Å²) in [4.78, 5) is 157. The minimum Gasteiger partial charge on any atom is -0.480 e. The Morgan fingerprint density at radius 3 is 1.43 bits per heavy atom. The minimum atomic E-state index is -1.22. The van der Waals surface area contributed by atoms with Gasteiger partial charge in [0.2, 0.25) is 11.7 Å². The first-order valence-corrected chi connectivity index (χ1v) is 41.3. The second-order valence-corrected chi connectivity index (χ2v) is 32.4. The van der Waals surface area contributed by atoms with Gasteiger partial charge in [-0.15, -0.1) is 22.7 Å². The number of likely N-dealkylation sites (N-methyl/N-ethyl adjacent to an activating group) is 2. The molecule has 4 aromatic carbocycles. The molecule has 0 bridgehead atoms. The normalized spacial score (nSPS) is 17.7. The SMILES string of the molecule is CCCCCCN1c2ccc(/C=c3/s/c(=C4/NC(=S)C(NC)C4=O)n(CC(=O)O)c3=O)cc2CCc2cc(/C=c3/s/c(=C4/SC(=S)N(CC)C4=O)n(COC=O)c3=O)ccc21.CCCCCCN1c2ccc(C=O)cc2CCc2cc(C=O)ccc21.CCN1C(=O)/C(=C2\SCC(=O)N2CC(=O)O)SC1=S.CNOC(C)=O. The number of aliphatic carboxylic acids is 2. The van der Waals surface area contributed by atoms with E-state index in [-0.39, 0.29) is 68.3 Å². The van der Waals surface area contributed by atoms with E-state index in [1.54, 1.807) is 26.1 Å². The number of anilines is 4. The molecule has 0 saturated carbocycles. The van der Waals surface area contributed by atoms with Crippen molar-refractivity contribution in [3.63, 3.8) is 0 Å². The highest BCUT2D eigenvalue weighted by Gasteiger charge is 2.40. The van der Waals surface area contributed by atoms with E-state index in [2.05, 4.69) is 74.9 Å². The Bertz CT molecular complexity index is 5070. The van der Waals surface area contributed by atoms with Crippen LogP contribution in [0.5, 0.6) is 0 Å². The van der Waals surface area contributed by atoms with Crippen molar-refractivity contribution in [3.8, 4) is 0 Å². The molecular weight excluding hydrogens is 1580 g/mol. The third kappa shape index (κ3) is 20.6. The van der Waals surface area contributed by atoms with E-state index in [1.807, 2.05) is 49.4 Å². The van der Waals surface area contributed by atoms with Crippen molar-refractivity contribution in [2.24, 2.45) is 0 Å². The number of carboxylic acid groups (broad SMARTS) is 2. The van der Waals surface area contributed by atoms with Crippen LogP contribution in [0.1, 0.15) is 140 Å². The van der Waals surface area contributed by atoms with Gasteiger partial charge in [0.05, 0.1) is 19.8 Å². The number of ketones is 1. The number of nitrogens with one attached hydrogen (secondary N) is 3. The second-order valence-electron chi connectivity index (χ2n) is 25.7. The molecule has 0 aliphatic carbocycles. The van der Waals surface area contributed by atoms with Crippen LogP contribution in [0.15, 0.2) is 92.3 Å². The number of amides is 3. The fraction of sp³-hybridized carbons (Fsp3) is 0.364. The highest BCUT2D eigenvalue weighted by atomic mass is 32.2. The van der Waals surface area contributed by atoms with Crippen LogP contribution in [-0.4, -0.2) is 167 Å². The van der Waals surface area contributed by atoms with E-state index < -0.39 is 42.2 Å². The number of hydrogen-bond acceptors (Lipinski definition) is 26. The molecule has 586 valence electrons. The van der Waals surface area contributed by atoms with E-state index in [1.165, 1.54) is 81.9 Å². The Kier molecular flexibility index (Phi) is 31.3. The van der Waals surface area contributed by atoms with Crippen LogP contribution >= 0.6 is 94.6 Å². The van der Waals surface area contributed by atoms with E-state index in [4.69, 9.17) is 46.5 Å². The molecular formula is C77H84N10O16S8. The summed E-state index contributed by atoms with van der Waals surface area (Å²) in [6.45, 7) is 10.8. The number of carbonyl (C=O) groups excluding carboxylic acids is 8. The molecule has 6 aliphatic rings. The molecule has 8 heterocycles. The van der Waals surface area contributed by atoms with Gasteiger partial charge >= 0.3 is 17.9 Å². The number of aromatic nitrogens is 2. The van der Waals surface area contributed by atoms with Crippen molar-refractivity contribution in [2.45, 2.75) is 131 Å². The zero-order chi connectivity index (χ0) is 80.3. The maximum absolute atomic E-state index is 13.8. The molecule has 6 aliphatic heterocycles. The number of thiocarbonyl (C=S) groups is 3. The highest BCUT2D eigenvalue weighted by molar-refractivity contribution is 8.30. The molecule has 0 radical (unpaired) electrons. The van der Waals surface area contributed by atoms with Crippen molar-refractivity contribution in [1.29, 1.82) is 0 Å². The van der Waals surface area contributed by atoms with Crippen molar-refractivity contribution in [1.82, 2.24) is 39.9 Å². The number of thiazole rings is 2. The zero-order valence-electron chi connectivity index (χ0n) is 62.0. The number of Topliss-reactive ketones (excluding diaryl/α,β-unsaturated/α-hetero) is 1. The van der Waals surface area contributed by atoms with E-state index in [0.29, 0.717) is 58.6 Å². The fourth-order valence-corrected chi connectivity index (χ4v) is 19.7. The molecule has 5 N–H and O–H groups in total. The average Bonchev–Trinajstić information content (AvgIpc) is 1.63. The molecule has 12 rings (SSSR count). The van der Waals surface area contributed by atoms with Crippen LogP contribution in [0.25, 0.3) is 22.8 Å². The molecule has 6 aromatic rings. The molecule has 34 heteroatoms. The Hall–Kier alpha value is -9.10. The van der Waals surface area contributed by atoms with Gasteiger partial charge in [-0.3, -0.25) is 81.4 Å². The molecule has 4 saturated heterocycles. The Morgan fingerprint density at radius 2 is 1.03 bits per heavy atom. The summed E-state index contributed by atoms with van der Waals surface area (Å²) < 4.78 is 9.42. The van der Waals surface area contributed by atoms with Crippen molar-refractivity contribution < 1.29 is 67.7 Å². The number of ether oxygens (including phenoxy) is 1. The molecule has 1 atom stereocenters. The summed E-state index contributed by atoms with van der Waals surface area (Å²) >= 11 is 21.5. The van der Waals surface area contributed by atoms with Crippen molar-refractivity contribution in [2.75, 3.05) is 62.4 Å². The summed E-state index contributed by atoms with van der Waals surface area (Å²) in [5.74, 6) is -3.72. The Balaban J connectivity index is 0.000000228. The number of thioether (sulfide) groups is 3. The maximum Gasteiger partial charge on any atom is 0.323 e. The molecule has 3 amide bonds. The number of carboxylic acids is 2. The van der Waals surface area contributed by atoms with E-state index >= 15 is 0 Å². The Morgan fingerprint density at radius 1 is 0.577 bits per heavy atom. The molecule has 2 aromatic heterocycles. The van der Waals surface area contributed by atoms with Crippen LogP contribution in [0, 0.1) is 0 Å². The van der Waals surface area contributed by atoms with Crippen LogP contribution in [0.3, 0.4) is 0 Å². The number of aryl methyl sites for hydroxylation is 4. The summed E-state index contributed by atoms with van der Waals surface area (Å²) in [7, 11) is 3.13. The molecule has 1 unspecified atom stereocenters. The van der Waals surface area contributed by atoms with E-state index in [9.17, 15) is 62.6 Å². The van der Waals surface area contributed by atoms with Crippen LogP contribution < -0.4 is 55.4 Å². The number of hydroxylamine groups is 1. The van der Waals surface area contributed by atoms with Gasteiger partial charge in [0, 0.05) is 74.0 Å². The predicted molar refractivity (Wildman–Crippen MR) is 446 cm³/mol. The average molecular weight is 1660 g/mol. The van der Waals surface area contributed by atoms with Gasteiger partial charge in [-0.1, -0.05) is 136 Å². The lowest BCUT2D eigenvalue weighted by molar-refractivity contribution is -0.147. The summed E-state index contributed by atoms with van der Waals surface area (Å²) in [6, 6.07) is 23.3. The number of benzene rings is 4. The van der Waals surface area contributed by atoms with Gasteiger partial charge < -0.3 is 40.2 Å². The second kappa shape index (κ2) is 40.4. The van der Waals surface area contributed by atoms with Crippen LogP contribution in [-0.2, 0) is 86.9 Å². The van der Waals surface area contributed by atoms with Crippen molar-refractivity contribution in [3.05, 3.63) is 166 Å². The van der Waals surface area contributed by atoms with E-state index in [0.717, 1.165) is 171 Å². The standard InChI is InChI=1S/C42H42N6O8S5.C22H25NO2.C10H10N2O4S3.C3H7NO2/c1-4-6-7-8-15-46-27-13-9-23(18-29-37(53)47(20-31(50)51)40(59-29)33-34(52)32(43-3)36(57)44-33)16-25(27)11-12-26-17-24(10-14-28(26)46)19-30-38(54)48(21-56-22-49)41(60-30)35-39(55)45(5-2)42(58)61-35;1-2-3-4-5-12-23-21-10-6-17(15-24)13-19(21)8-9-20-14-18(16-25)7-11-22(20)23;1-2-11-8(16)7(19-10(11)17)9-12(3-6(14)15)5(13)4-18-9;1-3(5)6-4-2/h9-10,13-14,16-19,22,32,43H,4-8,11-12,15,20-21H2,1-3H3,(H,44,57)(H,50,51);6-7,10-11,13-16H,2-5,8-9,12H2,1H3;2-4H2,1H3,(H,14,15);4H,1-2H3/b29-18+,30-19+,40-33+,41-35+;;9-7+;. The molecule has 26 nitrogen and oxygen atoms in total. The smallest absolute Gasteiger partial charge is 0.323 e. The van der Waals surface area contributed by atoms with Crippen LogP contribution in [0.2, 0.25) is 0 Å². The monoisotopic (exact) mass is 1660 g/mol. The number of carbonyl (C=O) groups is 10. The Labute approximate surface area is 676 Å². The molecule has 111 heavy (non-hydrogen) atoms. The summed E-state index contributed by atoms with van der Waals surface area (Å²) in [6.07, 6.45) is 17.5.